The van der Waals surface area contributed by atoms with E-state index in [0.29, 0.717) is 32.8 Å². The molecule has 0 aliphatic carbocycles. The number of rotatable bonds is 5. The molecule has 3 heterocycles. The van der Waals surface area contributed by atoms with E-state index in [-0.39, 0.29) is 42.8 Å². The molecule has 1 aliphatic heterocycles. The van der Waals surface area contributed by atoms with E-state index in [0.717, 1.165) is 0 Å². The van der Waals surface area contributed by atoms with Gasteiger partial charge in [-0.15, -0.1) is 11.3 Å². The third-order valence-electron chi connectivity index (χ3n) is 5.46. The molecule has 5 rings (SSSR count). The van der Waals surface area contributed by atoms with Crippen molar-refractivity contribution in [3.8, 4) is 0 Å². The first-order valence-corrected chi connectivity index (χ1v) is 11.4. The minimum absolute atomic E-state index is 0.0697. The molecule has 0 atom stereocenters. The summed E-state index contributed by atoms with van der Waals surface area (Å²) in [5.74, 6) is -0.836. The van der Waals surface area contributed by atoms with Gasteiger partial charge in [-0.3, -0.25) is 28.6 Å². The lowest BCUT2D eigenvalue weighted by Crippen LogP contribution is -2.42. The fourth-order valence-corrected chi connectivity index (χ4v) is 4.49. The summed E-state index contributed by atoms with van der Waals surface area (Å²) in [6, 6.07) is 15.3. The number of hydrogen-bond donors (Lipinski definition) is 2. The monoisotopic (exact) mass is 473 g/mol. The first-order valence-electron chi connectivity index (χ1n) is 10.5. The fourth-order valence-electron chi connectivity index (χ4n) is 3.76. The number of anilines is 3. The molecule has 9 nitrogen and oxygen atoms in total. The maximum Gasteiger partial charge on any atom is 0.262 e. The van der Waals surface area contributed by atoms with Crippen molar-refractivity contribution >= 4 is 56.3 Å². The van der Waals surface area contributed by atoms with Crippen LogP contribution in [0, 0.1) is 0 Å². The van der Waals surface area contributed by atoms with Gasteiger partial charge in [-0.1, -0.05) is 12.1 Å². The van der Waals surface area contributed by atoms with Crippen LogP contribution in [-0.4, -0.2) is 33.8 Å². The molecule has 0 fully saturated rings. The number of para-hydroxylation sites is 2. The highest BCUT2D eigenvalue weighted by Gasteiger charge is 2.27. The third kappa shape index (κ3) is 4.18. The number of amides is 3. The van der Waals surface area contributed by atoms with Crippen molar-refractivity contribution in [2.24, 2.45) is 0 Å². The van der Waals surface area contributed by atoms with Crippen LogP contribution in [0.4, 0.5) is 17.1 Å². The van der Waals surface area contributed by atoms with Crippen molar-refractivity contribution in [1.82, 2.24) is 9.55 Å². The Bertz CT molecular complexity index is 1470. The predicted octanol–water partition coefficient (Wildman–Crippen LogP) is 3.09. The smallest absolute Gasteiger partial charge is 0.262 e. The van der Waals surface area contributed by atoms with E-state index in [4.69, 9.17) is 0 Å². The van der Waals surface area contributed by atoms with Crippen molar-refractivity contribution in [2.45, 2.75) is 13.0 Å². The molecule has 2 N–H and O–H groups in total. The van der Waals surface area contributed by atoms with Crippen LogP contribution in [0.3, 0.4) is 0 Å². The van der Waals surface area contributed by atoms with Crippen molar-refractivity contribution < 1.29 is 14.4 Å². The van der Waals surface area contributed by atoms with Crippen molar-refractivity contribution in [3.63, 3.8) is 0 Å². The van der Waals surface area contributed by atoms with Gasteiger partial charge in [-0.25, -0.2) is 4.98 Å². The first-order chi connectivity index (χ1) is 16.5. The summed E-state index contributed by atoms with van der Waals surface area (Å²) in [5, 5.41) is 7.88. The molecular formula is C24H19N5O4S. The highest BCUT2D eigenvalue weighted by atomic mass is 32.1. The minimum atomic E-state index is -0.309. The molecule has 10 heteroatoms. The van der Waals surface area contributed by atoms with Crippen LogP contribution in [0.5, 0.6) is 0 Å². The van der Waals surface area contributed by atoms with E-state index in [1.807, 2.05) is 5.38 Å². The van der Waals surface area contributed by atoms with Crippen LogP contribution in [-0.2, 0) is 16.1 Å². The fraction of sp³-hybridized carbons (Fsp3) is 0.125. The molecule has 2 aromatic heterocycles. The van der Waals surface area contributed by atoms with E-state index < -0.39 is 0 Å². The third-order valence-corrected chi connectivity index (χ3v) is 6.28. The molecule has 1 aliphatic rings. The lowest BCUT2D eigenvalue weighted by Gasteiger charge is -2.29. The highest BCUT2D eigenvalue weighted by Crippen LogP contribution is 2.30. The number of carbonyl (C=O) groups excluding carboxylic acids is 3. The molecule has 0 saturated heterocycles. The van der Waals surface area contributed by atoms with Crippen LogP contribution in [0.25, 0.3) is 10.2 Å². The van der Waals surface area contributed by atoms with Gasteiger partial charge in [-0.05, 0) is 47.8 Å². The van der Waals surface area contributed by atoms with Gasteiger partial charge in [0.2, 0.25) is 11.8 Å². The number of benzene rings is 2. The van der Waals surface area contributed by atoms with E-state index in [9.17, 15) is 19.2 Å². The van der Waals surface area contributed by atoms with E-state index in [2.05, 4.69) is 15.6 Å². The van der Waals surface area contributed by atoms with Gasteiger partial charge in [0.15, 0.2) is 0 Å². The Kier molecular flexibility index (Phi) is 5.64. The summed E-state index contributed by atoms with van der Waals surface area (Å²) in [7, 11) is 0. The standard InChI is InChI=1S/C24H19N5O4S/c30-20(9-11-28-14-25-22-17(24(28)33)10-12-34-22)26-16-7-5-15(6-8-16)23(32)29-13-21(31)27-18-3-1-2-4-19(18)29/h1-8,10,12,14H,9,11,13H2,(H,26,30)(H,27,31). The normalized spacial score (nSPS) is 12.8. The minimum Gasteiger partial charge on any atom is -0.326 e. The van der Waals surface area contributed by atoms with Gasteiger partial charge >= 0.3 is 0 Å². The van der Waals surface area contributed by atoms with E-state index >= 15 is 0 Å². The number of nitrogens with one attached hydrogen (secondary N) is 2. The van der Waals surface area contributed by atoms with Crippen LogP contribution in [0.2, 0.25) is 0 Å². The number of carbonyl (C=O) groups is 3. The van der Waals surface area contributed by atoms with Crippen LogP contribution in [0.1, 0.15) is 16.8 Å². The van der Waals surface area contributed by atoms with E-state index in [1.165, 1.54) is 27.1 Å². The van der Waals surface area contributed by atoms with Crippen molar-refractivity contribution in [3.05, 3.63) is 82.2 Å². The summed E-state index contributed by atoms with van der Waals surface area (Å²) in [6.45, 7) is 0.135. The Morgan fingerprint density at radius 3 is 2.68 bits per heavy atom. The maximum atomic E-state index is 13.0. The van der Waals surface area contributed by atoms with Gasteiger partial charge in [0.25, 0.3) is 11.5 Å². The largest absolute Gasteiger partial charge is 0.326 e. The average molecular weight is 474 g/mol. The second-order valence-corrected chi connectivity index (χ2v) is 8.61. The van der Waals surface area contributed by atoms with Gasteiger partial charge in [0.1, 0.15) is 11.4 Å². The summed E-state index contributed by atoms with van der Waals surface area (Å²) in [6.07, 6.45) is 1.55. The Labute approximate surface area is 197 Å². The molecule has 0 unspecified atom stereocenters. The number of thiophene rings is 1. The predicted molar refractivity (Wildman–Crippen MR) is 130 cm³/mol. The summed E-state index contributed by atoms with van der Waals surface area (Å²) >= 11 is 1.39. The Morgan fingerprint density at radius 1 is 1.06 bits per heavy atom. The van der Waals surface area contributed by atoms with Crippen LogP contribution in [0.15, 0.2) is 71.1 Å². The summed E-state index contributed by atoms with van der Waals surface area (Å²) < 4.78 is 1.42. The molecule has 0 saturated carbocycles. The molecule has 0 radical (unpaired) electrons. The second-order valence-electron chi connectivity index (χ2n) is 7.71. The second kappa shape index (κ2) is 8.91. The number of aromatic nitrogens is 2. The van der Waals surface area contributed by atoms with Gasteiger partial charge < -0.3 is 10.6 Å². The molecule has 0 bridgehead atoms. The van der Waals surface area contributed by atoms with Crippen molar-refractivity contribution in [2.75, 3.05) is 22.1 Å². The topological polar surface area (TPSA) is 113 Å². The molecule has 3 amide bonds. The Morgan fingerprint density at radius 2 is 1.85 bits per heavy atom. The lowest BCUT2D eigenvalue weighted by atomic mass is 10.1. The van der Waals surface area contributed by atoms with Gasteiger partial charge in [0.05, 0.1) is 23.1 Å². The Balaban J connectivity index is 1.23. The number of fused-ring (bicyclic) bond motifs is 2. The zero-order chi connectivity index (χ0) is 23.7. The molecule has 2 aromatic carbocycles. The van der Waals surface area contributed by atoms with Gasteiger partial charge in [-0.2, -0.15) is 0 Å². The van der Waals surface area contributed by atoms with E-state index in [1.54, 1.807) is 54.6 Å². The zero-order valence-electron chi connectivity index (χ0n) is 17.9. The quantitative estimate of drug-likeness (QED) is 0.463. The zero-order valence-corrected chi connectivity index (χ0v) is 18.7. The number of hydrogen-bond acceptors (Lipinski definition) is 6. The number of nitrogens with zero attached hydrogens (tertiary/aromatic N) is 3. The Hall–Kier alpha value is -4.31. The number of aryl methyl sites for hydroxylation is 1. The molecular weight excluding hydrogens is 454 g/mol. The van der Waals surface area contributed by atoms with Crippen LogP contribution >= 0.6 is 11.3 Å². The molecule has 34 heavy (non-hydrogen) atoms. The molecule has 4 aromatic rings. The maximum absolute atomic E-state index is 13.0. The van der Waals surface area contributed by atoms with Crippen molar-refractivity contribution in [1.29, 1.82) is 0 Å². The summed E-state index contributed by atoms with van der Waals surface area (Å²) in [4.78, 5) is 56.2. The summed E-state index contributed by atoms with van der Waals surface area (Å²) in [5.41, 5.74) is 1.97. The lowest BCUT2D eigenvalue weighted by molar-refractivity contribution is -0.116. The SMILES string of the molecule is O=C(CCn1cnc2sccc2c1=O)Nc1ccc(C(=O)N2CC(=O)Nc3ccccc32)cc1. The highest BCUT2D eigenvalue weighted by molar-refractivity contribution is 7.16. The first kappa shape index (κ1) is 21.5. The molecule has 0 spiro atoms. The van der Waals surface area contributed by atoms with Gasteiger partial charge in [0, 0.05) is 24.2 Å². The van der Waals surface area contributed by atoms with Crippen LogP contribution < -0.4 is 21.1 Å². The average Bonchev–Trinajstić information content (AvgIpc) is 3.33. The molecule has 170 valence electrons.